The molecule has 0 bridgehead atoms. The average Bonchev–Trinajstić information content (AvgIpc) is 2.68. The molecule has 1 aromatic heterocycles. The summed E-state index contributed by atoms with van der Waals surface area (Å²) in [7, 11) is 0. The van der Waals surface area contributed by atoms with E-state index in [2.05, 4.69) is 24.0 Å². The third kappa shape index (κ3) is 3.39. The van der Waals surface area contributed by atoms with E-state index in [0.717, 1.165) is 35.9 Å². The highest BCUT2D eigenvalue weighted by Crippen LogP contribution is 2.34. The largest absolute Gasteiger partial charge is 0.383 e. The number of nitrogen functional groups attached to an aromatic ring is 1. The summed E-state index contributed by atoms with van der Waals surface area (Å²) in [6, 6.07) is 18.2. The molecule has 0 radical (unpaired) electrons. The van der Waals surface area contributed by atoms with Gasteiger partial charge < -0.3 is 10.6 Å². The van der Waals surface area contributed by atoms with Gasteiger partial charge in [-0.25, -0.2) is 4.98 Å². The quantitative estimate of drug-likeness (QED) is 0.719. The van der Waals surface area contributed by atoms with Crippen LogP contribution in [0.4, 0.5) is 5.82 Å². The maximum atomic E-state index is 13.4. The highest BCUT2D eigenvalue weighted by molar-refractivity contribution is 5.98. The van der Waals surface area contributed by atoms with E-state index in [0.29, 0.717) is 17.3 Å². The Kier molecular flexibility index (Phi) is 4.56. The summed E-state index contributed by atoms with van der Waals surface area (Å²) in [6.07, 6.45) is 2.14. The molecule has 0 spiro atoms. The number of amides is 1. The number of rotatable bonds is 2. The number of pyridine rings is 1. The van der Waals surface area contributed by atoms with Crippen LogP contribution in [0.25, 0.3) is 10.9 Å². The number of carbonyl (C=O) groups excluding carboxylic acids is 1. The second-order valence-corrected chi connectivity index (χ2v) is 7.66. The van der Waals surface area contributed by atoms with Crippen LogP contribution in [-0.2, 0) is 0 Å². The van der Waals surface area contributed by atoms with Crippen molar-refractivity contribution in [3.63, 3.8) is 0 Å². The van der Waals surface area contributed by atoms with Gasteiger partial charge in [0.1, 0.15) is 5.82 Å². The van der Waals surface area contributed by atoms with E-state index >= 15 is 0 Å². The first-order valence-corrected chi connectivity index (χ1v) is 9.55. The van der Waals surface area contributed by atoms with Crippen LogP contribution < -0.4 is 5.73 Å². The van der Waals surface area contributed by atoms with E-state index in [1.807, 2.05) is 54.3 Å². The van der Waals surface area contributed by atoms with Gasteiger partial charge in [0.05, 0.1) is 11.6 Å². The maximum Gasteiger partial charge on any atom is 0.254 e. The van der Waals surface area contributed by atoms with Crippen LogP contribution in [-0.4, -0.2) is 22.3 Å². The van der Waals surface area contributed by atoms with E-state index < -0.39 is 0 Å². The molecule has 1 amide bonds. The van der Waals surface area contributed by atoms with Gasteiger partial charge in [-0.3, -0.25) is 4.79 Å². The molecule has 3 aromatic rings. The van der Waals surface area contributed by atoms with Gasteiger partial charge in [-0.2, -0.15) is 0 Å². The number of fused-ring (bicyclic) bond motifs is 1. The Balaban J connectivity index is 1.70. The molecule has 138 valence electrons. The molecule has 4 nitrogen and oxygen atoms in total. The molecule has 27 heavy (non-hydrogen) atoms. The fourth-order valence-electron chi connectivity index (χ4n) is 3.99. The summed E-state index contributed by atoms with van der Waals surface area (Å²) >= 11 is 0. The number of hydrogen-bond donors (Lipinski definition) is 1. The van der Waals surface area contributed by atoms with E-state index in [9.17, 15) is 4.79 Å². The van der Waals surface area contributed by atoms with Gasteiger partial charge in [-0.15, -0.1) is 0 Å². The van der Waals surface area contributed by atoms with Gasteiger partial charge >= 0.3 is 0 Å². The zero-order chi connectivity index (χ0) is 19.0. The monoisotopic (exact) mass is 359 g/mol. The fraction of sp³-hybridized carbons (Fsp3) is 0.304. The van der Waals surface area contributed by atoms with E-state index in [1.54, 1.807) is 0 Å². The molecule has 2 aromatic carbocycles. The Morgan fingerprint density at radius 3 is 2.67 bits per heavy atom. The Morgan fingerprint density at radius 2 is 1.89 bits per heavy atom. The minimum Gasteiger partial charge on any atom is -0.383 e. The molecule has 1 saturated heterocycles. The predicted molar refractivity (Wildman–Crippen MR) is 110 cm³/mol. The molecular formula is C23H25N3O. The summed E-state index contributed by atoms with van der Waals surface area (Å²) in [4.78, 5) is 19.9. The molecule has 2 atom stereocenters. The van der Waals surface area contributed by atoms with E-state index in [4.69, 9.17) is 5.73 Å². The van der Waals surface area contributed by atoms with Crippen molar-refractivity contribution >= 4 is 22.6 Å². The summed E-state index contributed by atoms with van der Waals surface area (Å²) in [5, 5.41) is 0.953. The molecule has 0 unspecified atom stereocenters. The summed E-state index contributed by atoms with van der Waals surface area (Å²) in [5.74, 6) is 1.14. The van der Waals surface area contributed by atoms with Crippen LogP contribution in [0.3, 0.4) is 0 Å². The normalized spacial score (nSPS) is 20.0. The number of likely N-dealkylation sites (tertiary alicyclic amines) is 1. The molecule has 2 N–H and O–H groups in total. The average molecular weight is 359 g/mol. The van der Waals surface area contributed by atoms with Gasteiger partial charge in [0, 0.05) is 17.5 Å². The van der Waals surface area contributed by atoms with Crippen molar-refractivity contribution in [2.24, 2.45) is 5.92 Å². The number of nitrogens with zero attached hydrogens (tertiary/aromatic N) is 2. The van der Waals surface area contributed by atoms with Crippen LogP contribution in [0.5, 0.6) is 0 Å². The lowest BCUT2D eigenvalue weighted by Gasteiger charge is -2.39. The van der Waals surface area contributed by atoms with Crippen LogP contribution in [0, 0.1) is 12.8 Å². The van der Waals surface area contributed by atoms with Crippen LogP contribution in [0.2, 0.25) is 0 Å². The number of piperidine rings is 1. The van der Waals surface area contributed by atoms with Crippen molar-refractivity contribution < 1.29 is 4.79 Å². The van der Waals surface area contributed by atoms with Gasteiger partial charge in [0.15, 0.2) is 0 Å². The van der Waals surface area contributed by atoms with Gasteiger partial charge in [0.2, 0.25) is 0 Å². The third-order valence-corrected chi connectivity index (χ3v) is 5.55. The topological polar surface area (TPSA) is 59.2 Å². The van der Waals surface area contributed by atoms with Gasteiger partial charge in [-0.1, -0.05) is 37.3 Å². The van der Waals surface area contributed by atoms with Crippen molar-refractivity contribution in [1.82, 2.24) is 9.88 Å². The molecule has 4 heteroatoms. The first-order valence-electron chi connectivity index (χ1n) is 9.55. The smallest absolute Gasteiger partial charge is 0.254 e. The lowest BCUT2D eigenvalue weighted by molar-refractivity contribution is 0.0544. The fourth-order valence-corrected chi connectivity index (χ4v) is 3.99. The minimum atomic E-state index is 0.0896. The second-order valence-electron chi connectivity index (χ2n) is 7.66. The number of anilines is 1. The lowest BCUT2D eigenvalue weighted by Crippen LogP contribution is -2.41. The van der Waals surface area contributed by atoms with Crippen LogP contribution in [0.1, 0.15) is 47.3 Å². The molecule has 0 aliphatic carbocycles. The van der Waals surface area contributed by atoms with Gasteiger partial charge in [-0.05, 0) is 61.1 Å². The highest BCUT2D eigenvalue weighted by Gasteiger charge is 2.31. The number of aromatic nitrogens is 1. The first kappa shape index (κ1) is 17.5. The predicted octanol–water partition coefficient (Wildman–Crippen LogP) is 4.74. The number of benzene rings is 2. The molecule has 0 saturated carbocycles. The van der Waals surface area contributed by atoms with Gasteiger partial charge in [0.25, 0.3) is 5.91 Å². The lowest BCUT2D eigenvalue weighted by atomic mass is 9.89. The van der Waals surface area contributed by atoms with Crippen molar-refractivity contribution in [3.05, 3.63) is 71.3 Å². The zero-order valence-electron chi connectivity index (χ0n) is 15.9. The SMILES string of the molecule is Cc1cc2cc(C(=O)N3C[C@@H](C)CC[C@@H]3c3ccccc3)ccc2nc1N. The standard InChI is InChI=1S/C23H25N3O/c1-15-8-11-21(17-6-4-3-5-7-17)26(14-15)23(27)18-9-10-20-19(13-18)12-16(2)22(24)25-20/h3-7,9-10,12-13,15,21H,8,11,14H2,1-2H3,(H2,24,25)/t15-,21+/m0/s1. The number of hydrogen-bond acceptors (Lipinski definition) is 3. The molecule has 1 fully saturated rings. The van der Waals surface area contributed by atoms with E-state index in [-0.39, 0.29) is 11.9 Å². The molecular weight excluding hydrogens is 334 g/mol. The number of aryl methyl sites for hydroxylation is 1. The van der Waals surface area contributed by atoms with Crippen molar-refractivity contribution in [2.75, 3.05) is 12.3 Å². The number of carbonyl (C=O) groups is 1. The Morgan fingerprint density at radius 1 is 1.11 bits per heavy atom. The van der Waals surface area contributed by atoms with Crippen molar-refractivity contribution in [3.8, 4) is 0 Å². The Hall–Kier alpha value is -2.88. The van der Waals surface area contributed by atoms with E-state index in [1.165, 1.54) is 5.56 Å². The Bertz CT molecular complexity index is 984. The summed E-state index contributed by atoms with van der Waals surface area (Å²) < 4.78 is 0. The maximum absolute atomic E-state index is 13.4. The van der Waals surface area contributed by atoms with Crippen LogP contribution >= 0.6 is 0 Å². The zero-order valence-corrected chi connectivity index (χ0v) is 15.9. The number of nitrogens with two attached hydrogens (primary N) is 1. The molecule has 1 aliphatic rings. The molecule has 1 aliphatic heterocycles. The van der Waals surface area contributed by atoms with Crippen molar-refractivity contribution in [2.45, 2.75) is 32.7 Å². The minimum absolute atomic E-state index is 0.0896. The molecule has 4 rings (SSSR count). The van der Waals surface area contributed by atoms with Crippen molar-refractivity contribution in [1.29, 1.82) is 0 Å². The highest BCUT2D eigenvalue weighted by atomic mass is 16.2. The van der Waals surface area contributed by atoms with Crippen LogP contribution in [0.15, 0.2) is 54.6 Å². The summed E-state index contributed by atoms with van der Waals surface area (Å²) in [6.45, 7) is 4.95. The summed E-state index contributed by atoms with van der Waals surface area (Å²) in [5.41, 5.74) is 9.59. The molecule has 2 heterocycles. The Labute approximate surface area is 160 Å². The third-order valence-electron chi connectivity index (χ3n) is 5.55. The second kappa shape index (κ2) is 7.03. The first-order chi connectivity index (χ1) is 13.0.